The smallest absolute Gasteiger partial charge is 0.326 e. The number of benzene rings is 1. The van der Waals surface area contributed by atoms with Crippen molar-refractivity contribution in [2.75, 3.05) is 20.1 Å². The van der Waals surface area contributed by atoms with Crippen LogP contribution in [-0.4, -0.2) is 47.6 Å². The molecule has 1 aromatic rings. The number of rotatable bonds is 6. The van der Waals surface area contributed by atoms with Gasteiger partial charge in [0.2, 0.25) is 0 Å². The second-order valence-corrected chi connectivity index (χ2v) is 7.16. The molecular formula is C18H27N2O3+. The van der Waals surface area contributed by atoms with Gasteiger partial charge in [-0.05, 0) is 18.1 Å². The molecule has 2 rings (SSSR count). The fourth-order valence-corrected chi connectivity index (χ4v) is 3.20. The van der Waals surface area contributed by atoms with Crippen LogP contribution in [0.15, 0.2) is 24.3 Å². The molecule has 0 bridgehead atoms. The van der Waals surface area contributed by atoms with Gasteiger partial charge in [0.05, 0.1) is 20.1 Å². The second kappa shape index (κ2) is 7.13. The van der Waals surface area contributed by atoms with E-state index in [0.29, 0.717) is 5.56 Å². The van der Waals surface area contributed by atoms with Crippen molar-refractivity contribution in [3.05, 3.63) is 35.4 Å². The summed E-state index contributed by atoms with van der Waals surface area (Å²) in [4.78, 5) is 23.4. The van der Waals surface area contributed by atoms with E-state index in [9.17, 15) is 9.59 Å². The number of hydrogen-bond donors (Lipinski definition) is 2. The predicted molar refractivity (Wildman–Crippen MR) is 89.0 cm³/mol. The zero-order valence-electron chi connectivity index (χ0n) is 14.2. The van der Waals surface area contributed by atoms with Crippen molar-refractivity contribution >= 4 is 11.9 Å². The number of carbonyl (C=O) groups is 2. The highest BCUT2D eigenvalue weighted by Gasteiger charge is 2.27. The molecule has 126 valence electrons. The van der Waals surface area contributed by atoms with E-state index in [0.717, 1.165) is 11.0 Å². The third kappa shape index (κ3) is 4.55. The van der Waals surface area contributed by atoms with Crippen LogP contribution >= 0.6 is 0 Å². The minimum absolute atomic E-state index is 0.157. The van der Waals surface area contributed by atoms with Gasteiger partial charge in [-0.15, -0.1) is 0 Å². The minimum Gasteiger partial charge on any atom is -0.480 e. The molecular weight excluding hydrogens is 292 g/mol. The van der Waals surface area contributed by atoms with Gasteiger partial charge in [-0.25, -0.2) is 4.79 Å². The molecule has 1 aliphatic heterocycles. The molecule has 1 amide bonds. The molecule has 23 heavy (non-hydrogen) atoms. The Labute approximate surface area is 137 Å². The van der Waals surface area contributed by atoms with Gasteiger partial charge in [0.15, 0.2) is 0 Å². The number of quaternary nitrogens is 1. The van der Waals surface area contributed by atoms with Crippen molar-refractivity contribution in [2.45, 2.75) is 39.3 Å². The van der Waals surface area contributed by atoms with Crippen LogP contribution in [0.2, 0.25) is 0 Å². The standard InChI is InChI=1S/C18H26N2O3/c1-13(2)16(18(22)23)19-17(21)15-8-6-14(7-9-15)12-20(3)10-4-5-11-20/h6-9,13,16H,4-5,10-12H2,1-3H3,(H-,19,21,22,23)/p+1/t16-/m0/s1. The Kier molecular flexibility index (Phi) is 5.42. The third-order valence-electron chi connectivity index (χ3n) is 4.65. The highest BCUT2D eigenvalue weighted by molar-refractivity contribution is 5.96. The summed E-state index contributed by atoms with van der Waals surface area (Å²) < 4.78 is 1.06. The number of nitrogens with zero attached hydrogens (tertiary/aromatic N) is 1. The van der Waals surface area contributed by atoms with E-state index in [1.54, 1.807) is 26.0 Å². The fourth-order valence-electron chi connectivity index (χ4n) is 3.20. The van der Waals surface area contributed by atoms with E-state index in [2.05, 4.69) is 12.4 Å². The van der Waals surface area contributed by atoms with Gasteiger partial charge in [0, 0.05) is 24.0 Å². The highest BCUT2D eigenvalue weighted by Crippen LogP contribution is 2.20. The number of hydrogen-bond acceptors (Lipinski definition) is 2. The molecule has 1 fully saturated rings. The van der Waals surface area contributed by atoms with E-state index in [-0.39, 0.29) is 11.8 Å². The van der Waals surface area contributed by atoms with Gasteiger partial charge in [-0.3, -0.25) is 4.79 Å². The molecule has 0 aliphatic carbocycles. The monoisotopic (exact) mass is 319 g/mol. The van der Waals surface area contributed by atoms with Gasteiger partial charge in [-0.1, -0.05) is 26.0 Å². The number of amides is 1. The molecule has 5 heteroatoms. The first kappa shape index (κ1) is 17.5. The number of carbonyl (C=O) groups excluding carboxylic acids is 1. The lowest BCUT2D eigenvalue weighted by Crippen LogP contribution is -2.44. The zero-order chi connectivity index (χ0) is 17.0. The summed E-state index contributed by atoms with van der Waals surface area (Å²) in [7, 11) is 2.27. The van der Waals surface area contributed by atoms with Crippen LogP contribution in [-0.2, 0) is 11.3 Å². The van der Waals surface area contributed by atoms with Gasteiger partial charge in [0.25, 0.3) is 5.91 Å². The number of aliphatic carboxylic acids is 1. The van der Waals surface area contributed by atoms with Gasteiger partial charge >= 0.3 is 5.97 Å². The molecule has 1 atom stereocenters. The van der Waals surface area contributed by atoms with Crippen molar-refractivity contribution in [3.8, 4) is 0 Å². The average Bonchev–Trinajstić information content (AvgIpc) is 2.91. The maximum atomic E-state index is 12.2. The molecule has 1 saturated heterocycles. The van der Waals surface area contributed by atoms with E-state index < -0.39 is 12.0 Å². The number of likely N-dealkylation sites (tertiary alicyclic amines) is 1. The largest absolute Gasteiger partial charge is 0.480 e. The molecule has 0 saturated carbocycles. The maximum absolute atomic E-state index is 12.2. The van der Waals surface area contributed by atoms with Gasteiger partial charge in [0.1, 0.15) is 12.6 Å². The summed E-state index contributed by atoms with van der Waals surface area (Å²) >= 11 is 0. The van der Waals surface area contributed by atoms with Crippen LogP contribution in [0.5, 0.6) is 0 Å². The van der Waals surface area contributed by atoms with E-state index >= 15 is 0 Å². The van der Waals surface area contributed by atoms with E-state index in [1.807, 2.05) is 12.1 Å². The predicted octanol–water partition coefficient (Wildman–Crippen LogP) is 2.27. The van der Waals surface area contributed by atoms with Crippen LogP contribution in [0.25, 0.3) is 0 Å². The van der Waals surface area contributed by atoms with Crippen LogP contribution in [0.1, 0.15) is 42.6 Å². The van der Waals surface area contributed by atoms with Crippen LogP contribution in [0.3, 0.4) is 0 Å². The van der Waals surface area contributed by atoms with Crippen LogP contribution < -0.4 is 5.32 Å². The molecule has 1 aromatic carbocycles. The molecule has 0 spiro atoms. The Balaban J connectivity index is 2.01. The zero-order valence-corrected chi connectivity index (χ0v) is 14.2. The van der Waals surface area contributed by atoms with Crippen molar-refractivity contribution in [1.82, 2.24) is 5.32 Å². The lowest BCUT2D eigenvalue weighted by Gasteiger charge is -2.29. The van der Waals surface area contributed by atoms with Gasteiger partial charge in [-0.2, -0.15) is 0 Å². The number of nitrogens with one attached hydrogen (secondary N) is 1. The Morgan fingerprint density at radius 3 is 2.22 bits per heavy atom. The first-order chi connectivity index (χ1) is 10.8. The third-order valence-corrected chi connectivity index (χ3v) is 4.65. The van der Waals surface area contributed by atoms with Crippen LogP contribution in [0.4, 0.5) is 0 Å². The molecule has 1 aliphatic rings. The van der Waals surface area contributed by atoms with E-state index in [4.69, 9.17) is 5.11 Å². The number of carboxylic acids is 1. The molecule has 1 heterocycles. The SMILES string of the molecule is CC(C)[C@H](NC(=O)c1ccc(C[N+]2(C)CCCC2)cc1)C(=O)O. The Morgan fingerprint density at radius 1 is 1.17 bits per heavy atom. The topological polar surface area (TPSA) is 66.4 Å². The van der Waals surface area contributed by atoms with E-state index in [1.165, 1.54) is 31.5 Å². The minimum atomic E-state index is -1.00. The lowest BCUT2D eigenvalue weighted by atomic mass is 10.0. The van der Waals surface area contributed by atoms with Crippen molar-refractivity contribution in [1.29, 1.82) is 0 Å². The summed E-state index contributed by atoms with van der Waals surface area (Å²) in [5, 5.41) is 11.7. The summed E-state index contributed by atoms with van der Waals surface area (Å²) in [5.41, 5.74) is 1.72. The second-order valence-electron chi connectivity index (χ2n) is 7.16. The molecule has 0 radical (unpaired) electrons. The molecule has 5 nitrogen and oxygen atoms in total. The molecule has 2 N–H and O–H groups in total. The summed E-state index contributed by atoms with van der Waals surface area (Å²) in [6, 6.07) is 6.65. The first-order valence-corrected chi connectivity index (χ1v) is 8.27. The maximum Gasteiger partial charge on any atom is 0.326 e. The Morgan fingerprint density at radius 2 is 1.74 bits per heavy atom. The Hall–Kier alpha value is -1.88. The van der Waals surface area contributed by atoms with Crippen LogP contribution in [0, 0.1) is 5.92 Å². The molecule has 0 unspecified atom stereocenters. The lowest BCUT2D eigenvalue weighted by molar-refractivity contribution is -0.910. The fraction of sp³-hybridized carbons (Fsp3) is 0.556. The first-order valence-electron chi connectivity index (χ1n) is 8.27. The van der Waals surface area contributed by atoms with Gasteiger partial charge < -0.3 is 14.9 Å². The van der Waals surface area contributed by atoms with Crippen molar-refractivity contribution < 1.29 is 19.2 Å². The summed E-state index contributed by atoms with van der Waals surface area (Å²) in [6.45, 7) is 6.95. The normalized spacial score (nSPS) is 17.9. The molecule has 0 aromatic heterocycles. The highest BCUT2D eigenvalue weighted by atomic mass is 16.4. The average molecular weight is 319 g/mol. The number of carboxylic acid groups (broad SMARTS) is 1. The summed E-state index contributed by atoms with van der Waals surface area (Å²) in [5.74, 6) is -1.49. The van der Waals surface area contributed by atoms with Crippen molar-refractivity contribution in [3.63, 3.8) is 0 Å². The quantitative estimate of drug-likeness (QED) is 0.791. The Bertz CT molecular complexity index is 560. The summed E-state index contributed by atoms with van der Waals surface area (Å²) in [6.07, 6.45) is 2.56. The van der Waals surface area contributed by atoms with Crippen molar-refractivity contribution in [2.24, 2.45) is 5.92 Å².